The van der Waals surface area contributed by atoms with Crippen LogP contribution in [0.5, 0.6) is 0 Å². The summed E-state index contributed by atoms with van der Waals surface area (Å²) in [4.78, 5) is 37.9. The predicted molar refractivity (Wildman–Crippen MR) is 140 cm³/mol. The van der Waals surface area contributed by atoms with Gasteiger partial charge in [-0.25, -0.2) is 0 Å². The number of aliphatic hydroxyl groups excluding tert-OH is 1. The molecule has 0 spiro atoms. The van der Waals surface area contributed by atoms with Crippen LogP contribution in [-0.2, 0) is 25.5 Å². The Labute approximate surface area is 213 Å². The molecule has 0 saturated carbocycles. The molecule has 0 fully saturated rings. The summed E-state index contributed by atoms with van der Waals surface area (Å²) in [6.07, 6.45) is 4.02. The molecule has 36 heavy (non-hydrogen) atoms. The van der Waals surface area contributed by atoms with Crippen molar-refractivity contribution in [1.29, 1.82) is 0 Å². The summed E-state index contributed by atoms with van der Waals surface area (Å²) in [5.74, 6) is -1.70. The van der Waals surface area contributed by atoms with Gasteiger partial charge >= 0.3 is 5.97 Å². The Morgan fingerprint density at radius 1 is 0.972 bits per heavy atom. The number of nitrogens with one attached hydrogen (secondary N) is 2. The highest BCUT2D eigenvalue weighted by atomic mass is 16.5. The Kier molecular flexibility index (Phi) is 12.7. The second-order valence-corrected chi connectivity index (χ2v) is 8.52. The van der Waals surface area contributed by atoms with Gasteiger partial charge in [-0.15, -0.1) is 13.2 Å². The number of carbonyl (C=O) groups is 3. The van der Waals surface area contributed by atoms with Crippen LogP contribution in [0.1, 0.15) is 42.9 Å². The number of ether oxygens (including phenoxy) is 1. The molecular formula is C29H36N2O5. The van der Waals surface area contributed by atoms with Gasteiger partial charge in [-0.3, -0.25) is 14.4 Å². The van der Waals surface area contributed by atoms with Crippen LogP contribution in [0, 0.1) is 5.92 Å². The van der Waals surface area contributed by atoms with E-state index in [1.54, 1.807) is 12.2 Å². The Balaban J connectivity index is 1.97. The number of hydrogen-bond acceptors (Lipinski definition) is 5. The van der Waals surface area contributed by atoms with Gasteiger partial charge in [0, 0.05) is 12.8 Å². The number of esters is 1. The lowest BCUT2D eigenvalue weighted by Crippen LogP contribution is -2.42. The molecule has 0 aromatic heterocycles. The number of amides is 2. The highest BCUT2D eigenvalue weighted by Gasteiger charge is 2.24. The molecule has 3 N–H and O–H groups in total. The second kappa shape index (κ2) is 16.1. The summed E-state index contributed by atoms with van der Waals surface area (Å²) in [6, 6.07) is 18.3. The van der Waals surface area contributed by atoms with Crippen molar-refractivity contribution >= 4 is 17.8 Å². The fourth-order valence-corrected chi connectivity index (χ4v) is 3.72. The fraction of sp³-hybridized carbons (Fsp3) is 0.345. The maximum atomic E-state index is 13.0. The quantitative estimate of drug-likeness (QED) is 0.245. The van der Waals surface area contributed by atoms with Gasteiger partial charge in [0.15, 0.2) is 0 Å². The molecule has 7 nitrogen and oxygen atoms in total. The maximum absolute atomic E-state index is 13.0. The van der Waals surface area contributed by atoms with E-state index in [2.05, 4.69) is 23.8 Å². The minimum absolute atomic E-state index is 0.0573. The molecule has 0 saturated heterocycles. The zero-order valence-electron chi connectivity index (χ0n) is 20.6. The van der Waals surface area contributed by atoms with Crippen LogP contribution in [0.2, 0.25) is 0 Å². The van der Waals surface area contributed by atoms with Crippen LogP contribution in [0.3, 0.4) is 0 Å². The SMILES string of the molecule is C=CCCC(=O)O[C@H](CNC(=O)[C@@H](CC=C)CC(=O)N[C@H](CO)Cc1ccccc1)c1ccccc1. The lowest BCUT2D eigenvalue weighted by Gasteiger charge is -2.22. The fourth-order valence-electron chi connectivity index (χ4n) is 3.72. The third-order valence-electron chi connectivity index (χ3n) is 5.62. The summed E-state index contributed by atoms with van der Waals surface area (Å²) >= 11 is 0. The van der Waals surface area contributed by atoms with E-state index < -0.39 is 18.1 Å². The molecule has 2 aromatic carbocycles. The first-order valence-corrected chi connectivity index (χ1v) is 12.1. The van der Waals surface area contributed by atoms with Crippen molar-refractivity contribution in [3.05, 3.63) is 97.1 Å². The molecular weight excluding hydrogens is 456 g/mol. The average molecular weight is 493 g/mol. The van der Waals surface area contributed by atoms with E-state index in [1.165, 1.54) is 0 Å². The number of hydrogen-bond donors (Lipinski definition) is 3. The molecule has 0 radical (unpaired) electrons. The Bertz CT molecular complexity index is 978. The van der Waals surface area contributed by atoms with Gasteiger partial charge in [0.05, 0.1) is 25.1 Å². The topological polar surface area (TPSA) is 105 Å². The maximum Gasteiger partial charge on any atom is 0.306 e. The van der Waals surface area contributed by atoms with Gasteiger partial charge in [-0.2, -0.15) is 0 Å². The molecule has 3 atom stereocenters. The van der Waals surface area contributed by atoms with Crippen LogP contribution in [0.25, 0.3) is 0 Å². The van der Waals surface area contributed by atoms with E-state index in [4.69, 9.17) is 4.74 Å². The zero-order chi connectivity index (χ0) is 26.2. The second-order valence-electron chi connectivity index (χ2n) is 8.52. The van der Waals surface area contributed by atoms with Gasteiger partial charge in [0.25, 0.3) is 0 Å². The van der Waals surface area contributed by atoms with Crippen molar-refractivity contribution in [3.8, 4) is 0 Å². The molecule has 2 rings (SSSR count). The van der Waals surface area contributed by atoms with Crippen molar-refractivity contribution < 1.29 is 24.2 Å². The first kappa shape index (κ1) is 28.5. The van der Waals surface area contributed by atoms with E-state index in [-0.39, 0.29) is 43.8 Å². The van der Waals surface area contributed by atoms with E-state index in [9.17, 15) is 19.5 Å². The van der Waals surface area contributed by atoms with Crippen molar-refractivity contribution in [2.24, 2.45) is 5.92 Å². The Hall–Kier alpha value is -3.71. The third-order valence-corrected chi connectivity index (χ3v) is 5.62. The smallest absolute Gasteiger partial charge is 0.306 e. The predicted octanol–water partition coefficient (Wildman–Crippen LogP) is 3.66. The van der Waals surface area contributed by atoms with Gasteiger partial charge in [-0.05, 0) is 30.4 Å². The van der Waals surface area contributed by atoms with Gasteiger partial charge in [0.2, 0.25) is 11.8 Å². The molecule has 192 valence electrons. The van der Waals surface area contributed by atoms with Crippen molar-refractivity contribution in [2.75, 3.05) is 13.2 Å². The molecule has 7 heteroatoms. The normalized spacial score (nSPS) is 13.0. The lowest BCUT2D eigenvalue weighted by molar-refractivity contribution is -0.150. The lowest BCUT2D eigenvalue weighted by atomic mass is 9.98. The first-order valence-electron chi connectivity index (χ1n) is 12.1. The van der Waals surface area contributed by atoms with Crippen LogP contribution >= 0.6 is 0 Å². The first-order chi connectivity index (χ1) is 17.5. The summed E-state index contributed by atoms with van der Waals surface area (Å²) in [5, 5.41) is 15.3. The molecule has 0 bridgehead atoms. The summed E-state index contributed by atoms with van der Waals surface area (Å²) < 4.78 is 5.60. The van der Waals surface area contributed by atoms with E-state index >= 15 is 0 Å². The number of rotatable bonds is 16. The monoisotopic (exact) mass is 492 g/mol. The van der Waals surface area contributed by atoms with Crippen LogP contribution < -0.4 is 10.6 Å². The highest BCUT2D eigenvalue weighted by Crippen LogP contribution is 2.19. The molecule has 0 aliphatic rings. The van der Waals surface area contributed by atoms with Crippen LogP contribution in [0.15, 0.2) is 86.0 Å². The minimum atomic E-state index is -0.657. The molecule has 2 amide bonds. The molecule has 0 heterocycles. The van der Waals surface area contributed by atoms with E-state index in [0.29, 0.717) is 19.3 Å². The summed E-state index contributed by atoms with van der Waals surface area (Å²) in [7, 11) is 0. The largest absolute Gasteiger partial charge is 0.456 e. The zero-order valence-corrected chi connectivity index (χ0v) is 20.6. The molecule has 0 unspecified atom stereocenters. The van der Waals surface area contributed by atoms with Crippen molar-refractivity contribution in [2.45, 2.75) is 44.2 Å². The summed E-state index contributed by atoms with van der Waals surface area (Å²) in [5.41, 5.74) is 1.75. The Morgan fingerprint density at radius 2 is 1.64 bits per heavy atom. The van der Waals surface area contributed by atoms with E-state index in [1.807, 2.05) is 60.7 Å². The Morgan fingerprint density at radius 3 is 2.25 bits per heavy atom. The minimum Gasteiger partial charge on any atom is -0.456 e. The highest BCUT2D eigenvalue weighted by molar-refractivity contribution is 5.86. The number of benzene rings is 2. The van der Waals surface area contributed by atoms with Gasteiger partial charge in [0.1, 0.15) is 6.10 Å². The number of aliphatic hydroxyl groups is 1. The molecule has 0 aliphatic heterocycles. The van der Waals surface area contributed by atoms with Crippen LogP contribution in [-0.4, -0.2) is 42.1 Å². The number of allylic oxidation sites excluding steroid dienone is 2. The van der Waals surface area contributed by atoms with E-state index in [0.717, 1.165) is 11.1 Å². The van der Waals surface area contributed by atoms with Crippen molar-refractivity contribution in [1.82, 2.24) is 10.6 Å². The summed E-state index contributed by atoms with van der Waals surface area (Å²) in [6.45, 7) is 7.18. The van der Waals surface area contributed by atoms with Crippen LogP contribution in [0.4, 0.5) is 0 Å². The number of carbonyl (C=O) groups excluding carboxylic acids is 3. The standard InChI is InChI=1S/C29H36N2O5/c1-3-5-17-28(34)36-26(23-15-10-7-11-16-23)20-30-29(35)24(12-4-2)19-27(33)31-25(21-32)18-22-13-8-6-9-14-22/h3-4,6-11,13-16,24-26,32H,1-2,5,12,17-21H2,(H,30,35)(H,31,33)/t24-,25-,26+/m0/s1. The molecule has 2 aromatic rings. The van der Waals surface area contributed by atoms with Gasteiger partial charge < -0.3 is 20.5 Å². The molecule has 0 aliphatic carbocycles. The average Bonchev–Trinajstić information content (AvgIpc) is 2.90. The third kappa shape index (κ3) is 10.3. The van der Waals surface area contributed by atoms with Crippen molar-refractivity contribution in [3.63, 3.8) is 0 Å². The van der Waals surface area contributed by atoms with Gasteiger partial charge in [-0.1, -0.05) is 72.8 Å².